The van der Waals surface area contributed by atoms with Crippen LogP contribution in [0.15, 0.2) is 12.3 Å². The zero-order chi connectivity index (χ0) is 17.3. The van der Waals surface area contributed by atoms with Crippen molar-refractivity contribution in [1.82, 2.24) is 15.6 Å². The Kier molecular flexibility index (Phi) is 5.10. The lowest BCUT2D eigenvalue weighted by atomic mass is 10.1. The van der Waals surface area contributed by atoms with Gasteiger partial charge >= 0.3 is 12.1 Å². The van der Waals surface area contributed by atoms with E-state index >= 15 is 0 Å². The van der Waals surface area contributed by atoms with Crippen LogP contribution in [0, 0.1) is 0 Å². The zero-order valence-electron chi connectivity index (χ0n) is 11.7. The minimum absolute atomic E-state index is 0.229. The highest BCUT2D eigenvalue weighted by atomic mass is 35.5. The molecule has 128 valence electrons. The molecule has 23 heavy (non-hydrogen) atoms. The Balaban J connectivity index is 2.19. The lowest BCUT2D eigenvalue weighted by Crippen LogP contribution is -2.48. The Morgan fingerprint density at radius 2 is 1.87 bits per heavy atom. The second kappa shape index (κ2) is 6.56. The zero-order valence-corrected chi connectivity index (χ0v) is 12.4. The van der Waals surface area contributed by atoms with Crippen molar-refractivity contribution in [2.24, 2.45) is 0 Å². The molecule has 4 nitrogen and oxygen atoms in total. The van der Waals surface area contributed by atoms with Gasteiger partial charge in [0.25, 0.3) is 5.91 Å². The van der Waals surface area contributed by atoms with E-state index < -0.39 is 40.3 Å². The van der Waals surface area contributed by atoms with Gasteiger partial charge in [-0.3, -0.25) is 9.78 Å². The van der Waals surface area contributed by atoms with Crippen molar-refractivity contribution in [3.05, 3.63) is 28.5 Å². The number of hydrogen-bond acceptors (Lipinski definition) is 3. The molecule has 0 saturated carbocycles. The fraction of sp³-hybridized carbons (Fsp3) is 0.538. The molecule has 0 atom stereocenters. The molecule has 1 saturated heterocycles. The first-order chi connectivity index (χ1) is 10.6. The average molecular weight is 358 g/mol. The van der Waals surface area contributed by atoms with Crippen LogP contribution in [-0.4, -0.2) is 30.0 Å². The third-order valence-corrected chi connectivity index (χ3v) is 3.71. The number of rotatable bonds is 3. The van der Waals surface area contributed by atoms with Crippen LogP contribution in [0.5, 0.6) is 0 Å². The first kappa shape index (κ1) is 17.9. The third-order valence-electron chi connectivity index (χ3n) is 3.43. The standard InChI is InChI=1S/C13H13ClF5N3O/c14-9-5-7(13(17,18)19)6-21-10(9)12(15,16)11(23)22-8-1-3-20-4-2-8/h5-6,8,20H,1-4H2,(H,22,23). The van der Waals surface area contributed by atoms with Gasteiger partial charge < -0.3 is 10.6 Å². The fourth-order valence-corrected chi connectivity index (χ4v) is 2.46. The maximum atomic E-state index is 14.1. The van der Waals surface area contributed by atoms with E-state index in [0.717, 1.165) is 0 Å². The van der Waals surface area contributed by atoms with E-state index in [-0.39, 0.29) is 6.20 Å². The number of amides is 1. The topological polar surface area (TPSA) is 54.0 Å². The van der Waals surface area contributed by atoms with Crippen molar-refractivity contribution in [2.75, 3.05) is 13.1 Å². The number of alkyl halides is 5. The van der Waals surface area contributed by atoms with E-state index in [0.29, 0.717) is 32.0 Å². The molecule has 2 heterocycles. The second-order valence-electron chi connectivity index (χ2n) is 5.12. The Bertz CT molecular complexity index is 587. The van der Waals surface area contributed by atoms with Gasteiger partial charge in [-0.25, -0.2) is 0 Å². The average Bonchev–Trinajstić information content (AvgIpc) is 2.47. The molecular weight excluding hydrogens is 345 g/mol. The van der Waals surface area contributed by atoms with Crippen molar-refractivity contribution in [3.63, 3.8) is 0 Å². The molecule has 1 fully saturated rings. The summed E-state index contributed by atoms with van der Waals surface area (Å²) >= 11 is 5.47. The monoisotopic (exact) mass is 357 g/mol. The van der Waals surface area contributed by atoms with E-state index in [1.165, 1.54) is 0 Å². The summed E-state index contributed by atoms with van der Waals surface area (Å²) in [5.41, 5.74) is -2.46. The predicted octanol–water partition coefficient (Wildman–Crippen LogP) is 2.71. The van der Waals surface area contributed by atoms with Crippen LogP contribution in [0.1, 0.15) is 24.1 Å². The summed E-state index contributed by atoms with van der Waals surface area (Å²) in [5.74, 6) is -5.75. The lowest BCUT2D eigenvalue weighted by Gasteiger charge is -2.26. The van der Waals surface area contributed by atoms with E-state index in [4.69, 9.17) is 11.6 Å². The molecule has 0 aliphatic carbocycles. The summed E-state index contributed by atoms with van der Waals surface area (Å²) in [7, 11) is 0. The molecule has 0 bridgehead atoms. The van der Waals surface area contributed by atoms with E-state index in [1.807, 2.05) is 0 Å². The Hall–Kier alpha value is -1.48. The van der Waals surface area contributed by atoms with Crippen molar-refractivity contribution in [3.8, 4) is 0 Å². The van der Waals surface area contributed by atoms with Crippen LogP contribution < -0.4 is 10.6 Å². The number of carbonyl (C=O) groups is 1. The molecule has 2 N–H and O–H groups in total. The van der Waals surface area contributed by atoms with Crippen molar-refractivity contribution in [1.29, 1.82) is 0 Å². The van der Waals surface area contributed by atoms with Crippen LogP contribution in [0.3, 0.4) is 0 Å². The SMILES string of the molecule is O=C(NC1CCNCC1)C(F)(F)c1ncc(C(F)(F)F)cc1Cl. The predicted molar refractivity (Wildman–Crippen MR) is 72.2 cm³/mol. The van der Waals surface area contributed by atoms with Gasteiger partial charge in [0.05, 0.1) is 10.6 Å². The summed E-state index contributed by atoms with van der Waals surface area (Å²) in [5, 5.41) is 4.28. The third kappa shape index (κ3) is 4.08. The van der Waals surface area contributed by atoms with E-state index in [2.05, 4.69) is 15.6 Å². The molecule has 1 aliphatic rings. The van der Waals surface area contributed by atoms with E-state index in [1.54, 1.807) is 0 Å². The highest BCUT2D eigenvalue weighted by Crippen LogP contribution is 2.36. The second-order valence-corrected chi connectivity index (χ2v) is 5.53. The van der Waals surface area contributed by atoms with Gasteiger partial charge in [-0.2, -0.15) is 22.0 Å². The highest BCUT2D eigenvalue weighted by Gasteiger charge is 2.46. The molecular formula is C13H13ClF5N3O. The molecule has 1 aromatic rings. The summed E-state index contributed by atoms with van der Waals surface area (Å²) in [6.07, 6.45) is -3.57. The minimum atomic E-state index is -4.76. The van der Waals surface area contributed by atoms with Crippen LogP contribution in [-0.2, 0) is 16.9 Å². The largest absolute Gasteiger partial charge is 0.417 e. The molecule has 0 aromatic carbocycles. The molecule has 0 unspecified atom stereocenters. The Morgan fingerprint density at radius 1 is 1.26 bits per heavy atom. The van der Waals surface area contributed by atoms with Gasteiger partial charge in [0.2, 0.25) is 0 Å². The Morgan fingerprint density at radius 3 is 2.39 bits per heavy atom. The number of pyridine rings is 1. The number of hydrogen-bond donors (Lipinski definition) is 2. The molecule has 0 spiro atoms. The van der Waals surface area contributed by atoms with Crippen LogP contribution >= 0.6 is 11.6 Å². The number of carbonyl (C=O) groups excluding carboxylic acids is 1. The number of halogens is 6. The van der Waals surface area contributed by atoms with Gasteiger partial charge in [-0.05, 0) is 32.0 Å². The van der Waals surface area contributed by atoms with Crippen LogP contribution in [0.2, 0.25) is 5.02 Å². The highest BCUT2D eigenvalue weighted by molar-refractivity contribution is 6.31. The van der Waals surface area contributed by atoms with Gasteiger partial charge in [-0.15, -0.1) is 0 Å². The number of aromatic nitrogens is 1. The lowest BCUT2D eigenvalue weighted by molar-refractivity contribution is -0.148. The normalized spacial score (nSPS) is 17.1. The quantitative estimate of drug-likeness (QED) is 0.818. The first-order valence-electron chi connectivity index (χ1n) is 6.75. The van der Waals surface area contributed by atoms with Crippen LogP contribution in [0.4, 0.5) is 22.0 Å². The smallest absolute Gasteiger partial charge is 0.348 e. The van der Waals surface area contributed by atoms with E-state index in [9.17, 15) is 26.7 Å². The first-order valence-corrected chi connectivity index (χ1v) is 7.13. The molecule has 1 aliphatic heterocycles. The molecule has 1 amide bonds. The van der Waals surface area contributed by atoms with Gasteiger partial charge in [0.15, 0.2) is 0 Å². The summed E-state index contributed by atoms with van der Waals surface area (Å²) < 4.78 is 65.8. The fourth-order valence-electron chi connectivity index (χ4n) is 2.17. The van der Waals surface area contributed by atoms with Gasteiger partial charge in [0, 0.05) is 12.2 Å². The number of nitrogens with zero attached hydrogens (tertiary/aromatic N) is 1. The maximum Gasteiger partial charge on any atom is 0.417 e. The van der Waals surface area contributed by atoms with Crippen molar-refractivity contribution in [2.45, 2.75) is 31.0 Å². The van der Waals surface area contributed by atoms with Gasteiger partial charge in [0.1, 0.15) is 5.69 Å². The molecule has 1 aromatic heterocycles. The summed E-state index contributed by atoms with van der Waals surface area (Å²) in [4.78, 5) is 14.8. The maximum absolute atomic E-state index is 14.1. The summed E-state index contributed by atoms with van der Waals surface area (Å²) in [6.45, 7) is 1.16. The number of piperidine rings is 1. The molecule has 10 heteroatoms. The Labute approximate surface area is 133 Å². The van der Waals surface area contributed by atoms with Crippen molar-refractivity contribution < 1.29 is 26.7 Å². The van der Waals surface area contributed by atoms with Crippen molar-refractivity contribution >= 4 is 17.5 Å². The van der Waals surface area contributed by atoms with Gasteiger partial charge in [-0.1, -0.05) is 11.6 Å². The van der Waals surface area contributed by atoms with Crippen LogP contribution in [0.25, 0.3) is 0 Å². The minimum Gasteiger partial charge on any atom is -0.348 e. The summed E-state index contributed by atoms with van der Waals surface area (Å²) in [6, 6.07) is -0.0989. The number of nitrogens with one attached hydrogen (secondary N) is 2. The molecule has 2 rings (SSSR count). The molecule has 0 radical (unpaired) electrons.